The van der Waals surface area contributed by atoms with Crippen LogP contribution >= 0.6 is 15.9 Å². The Morgan fingerprint density at radius 3 is 2.46 bits per heavy atom. The van der Waals surface area contributed by atoms with Crippen LogP contribution in [0.2, 0.25) is 0 Å². The van der Waals surface area contributed by atoms with E-state index in [1.807, 2.05) is 38.1 Å². The van der Waals surface area contributed by atoms with Crippen LogP contribution in [0.5, 0.6) is 0 Å². The van der Waals surface area contributed by atoms with Crippen LogP contribution in [0.1, 0.15) is 53.7 Å². The number of halogens is 1. The van der Waals surface area contributed by atoms with Gasteiger partial charge in [0.15, 0.2) is 0 Å². The molecule has 150 valence electrons. The van der Waals surface area contributed by atoms with E-state index in [-0.39, 0.29) is 16.8 Å². The second kappa shape index (κ2) is 8.76. The molecule has 1 saturated heterocycles. The zero-order chi connectivity index (χ0) is 20.3. The van der Waals surface area contributed by atoms with Crippen molar-refractivity contribution in [1.82, 2.24) is 9.62 Å². The van der Waals surface area contributed by atoms with Crippen molar-refractivity contribution in [2.45, 2.75) is 44.0 Å². The fraction of sp³-hybridized carbons (Fsp3) is 0.381. The van der Waals surface area contributed by atoms with Crippen LogP contribution in [0, 0.1) is 6.92 Å². The number of rotatable bonds is 5. The van der Waals surface area contributed by atoms with E-state index in [4.69, 9.17) is 0 Å². The van der Waals surface area contributed by atoms with Crippen molar-refractivity contribution < 1.29 is 13.2 Å². The van der Waals surface area contributed by atoms with Gasteiger partial charge < -0.3 is 5.32 Å². The highest BCUT2D eigenvalue weighted by atomic mass is 79.9. The normalized spacial score (nSPS) is 16.5. The highest BCUT2D eigenvalue weighted by Crippen LogP contribution is 2.26. The van der Waals surface area contributed by atoms with E-state index in [1.165, 1.54) is 10.4 Å². The predicted molar refractivity (Wildman–Crippen MR) is 114 cm³/mol. The van der Waals surface area contributed by atoms with E-state index in [9.17, 15) is 13.2 Å². The molecule has 1 fully saturated rings. The van der Waals surface area contributed by atoms with E-state index >= 15 is 0 Å². The third kappa shape index (κ3) is 4.47. The zero-order valence-corrected chi connectivity index (χ0v) is 18.5. The van der Waals surface area contributed by atoms with Gasteiger partial charge >= 0.3 is 0 Å². The van der Waals surface area contributed by atoms with Crippen LogP contribution in [0.25, 0.3) is 0 Å². The number of hydrogen-bond donors (Lipinski definition) is 1. The summed E-state index contributed by atoms with van der Waals surface area (Å²) in [5.41, 5.74) is 2.44. The van der Waals surface area contributed by atoms with Crippen molar-refractivity contribution in [1.29, 1.82) is 0 Å². The SMILES string of the molecule is Cc1ccccc1C(C)NC(=O)c1cc(S(=O)(=O)N2CCCCC2)ccc1Br. The van der Waals surface area contributed by atoms with Crippen molar-refractivity contribution in [3.63, 3.8) is 0 Å². The summed E-state index contributed by atoms with van der Waals surface area (Å²) < 4.78 is 28.0. The Morgan fingerprint density at radius 2 is 1.79 bits per heavy atom. The lowest BCUT2D eigenvalue weighted by Crippen LogP contribution is -2.35. The lowest BCUT2D eigenvalue weighted by molar-refractivity contribution is 0.0939. The minimum atomic E-state index is -3.59. The van der Waals surface area contributed by atoms with E-state index in [0.29, 0.717) is 23.1 Å². The molecule has 3 rings (SSSR count). The number of aryl methyl sites for hydroxylation is 1. The summed E-state index contributed by atoms with van der Waals surface area (Å²) in [4.78, 5) is 13.0. The summed E-state index contributed by atoms with van der Waals surface area (Å²) in [7, 11) is -3.59. The Balaban J connectivity index is 1.85. The first kappa shape index (κ1) is 21.0. The van der Waals surface area contributed by atoms with E-state index < -0.39 is 10.0 Å². The van der Waals surface area contributed by atoms with Gasteiger partial charge in [-0.2, -0.15) is 4.31 Å². The number of sulfonamides is 1. The Hall–Kier alpha value is -1.70. The molecular weight excluding hydrogens is 440 g/mol. The first-order valence-electron chi connectivity index (χ1n) is 9.47. The van der Waals surface area contributed by atoms with Crippen LogP contribution < -0.4 is 5.32 Å². The molecule has 1 unspecified atom stereocenters. The van der Waals surface area contributed by atoms with Gasteiger partial charge in [0.05, 0.1) is 16.5 Å². The Labute approximate surface area is 175 Å². The van der Waals surface area contributed by atoms with Gasteiger partial charge in [-0.15, -0.1) is 0 Å². The maximum atomic E-state index is 12.9. The molecule has 0 aromatic heterocycles. The fourth-order valence-corrected chi connectivity index (χ4v) is 5.49. The Morgan fingerprint density at radius 1 is 1.11 bits per heavy atom. The van der Waals surface area contributed by atoms with Crippen molar-refractivity contribution in [2.24, 2.45) is 0 Å². The van der Waals surface area contributed by atoms with Crippen molar-refractivity contribution in [3.05, 3.63) is 63.6 Å². The average Bonchev–Trinajstić information content (AvgIpc) is 2.69. The van der Waals surface area contributed by atoms with Crippen LogP contribution in [0.15, 0.2) is 51.8 Å². The van der Waals surface area contributed by atoms with Gasteiger partial charge in [0.2, 0.25) is 10.0 Å². The quantitative estimate of drug-likeness (QED) is 0.711. The molecule has 1 heterocycles. The summed E-state index contributed by atoms with van der Waals surface area (Å²) in [5, 5.41) is 2.97. The molecule has 0 aliphatic carbocycles. The lowest BCUT2D eigenvalue weighted by atomic mass is 10.0. The monoisotopic (exact) mass is 464 g/mol. The number of nitrogens with one attached hydrogen (secondary N) is 1. The van der Waals surface area contributed by atoms with E-state index in [1.54, 1.807) is 12.1 Å². The molecule has 0 radical (unpaired) electrons. The van der Waals surface area contributed by atoms with Crippen LogP contribution in [-0.4, -0.2) is 31.7 Å². The average molecular weight is 465 g/mol. The van der Waals surface area contributed by atoms with Crippen molar-refractivity contribution in [3.8, 4) is 0 Å². The van der Waals surface area contributed by atoms with Gasteiger partial charge in [-0.05, 0) is 71.9 Å². The molecule has 1 atom stereocenters. The molecule has 0 spiro atoms. The fourth-order valence-electron chi connectivity index (χ4n) is 3.52. The lowest BCUT2D eigenvalue weighted by Gasteiger charge is -2.26. The second-order valence-electron chi connectivity index (χ2n) is 7.16. The molecule has 7 heteroatoms. The number of carbonyl (C=O) groups is 1. The summed E-state index contributed by atoms with van der Waals surface area (Å²) in [6.07, 6.45) is 2.80. The Bertz CT molecular complexity index is 969. The molecule has 1 aliphatic rings. The van der Waals surface area contributed by atoms with Gasteiger partial charge in [-0.3, -0.25) is 4.79 Å². The second-order valence-corrected chi connectivity index (χ2v) is 9.95. The van der Waals surface area contributed by atoms with Crippen molar-refractivity contribution >= 4 is 31.9 Å². The van der Waals surface area contributed by atoms with Gasteiger partial charge in [0.1, 0.15) is 0 Å². The highest BCUT2D eigenvalue weighted by molar-refractivity contribution is 9.10. The number of nitrogens with zero attached hydrogens (tertiary/aromatic N) is 1. The van der Waals surface area contributed by atoms with E-state index in [2.05, 4.69) is 21.2 Å². The summed E-state index contributed by atoms with van der Waals surface area (Å²) in [6, 6.07) is 12.3. The summed E-state index contributed by atoms with van der Waals surface area (Å²) in [5.74, 6) is -0.307. The standard InChI is InChI=1S/C21H25BrN2O3S/c1-15-8-4-5-9-18(15)16(2)23-21(25)19-14-17(10-11-20(19)22)28(26,27)24-12-6-3-7-13-24/h4-5,8-11,14,16H,3,6-7,12-13H2,1-2H3,(H,23,25). The largest absolute Gasteiger partial charge is 0.345 e. The summed E-state index contributed by atoms with van der Waals surface area (Å²) >= 11 is 3.39. The number of carbonyl (C=O) groups excluding carboxylic acids is 1. The summed E-state index contributed by atoms with van der Waals surface area (Å²) in [6.45, 7) is 4.98. The van der Waals surface area contributed by atoms with Crippen LogP contribution in [0.3, 0.4) is 0 Å². The zero-order valence-electron chi connectivity index (χ0n) is 16.1. The molecule has 28 heavy (non-hydrogen) atoms. The van der Waals surface area contributed by atoms with Gasteiger partial charge in [-0.25, -0.2) is 8.42 Å². The first-order chi connectivity index (χ1) is 13.3. The third-order valence-electron chi connectivity index (χ3n) is 5.14. The molecule has 1 amide bonds. The molecule has 2 aromatic carbocycles. The van der Waals surface area contributed by atoms with Crippen LogP contribution in [0.4, 0.5) is 0 Å². The van der Waals surface area contributed by atoms with Crippen LogP contribution in [-0.2, 0) is 10.0 Å². The minimum absolute atomic E-state index is 0.159. The van der Waals surface area contributed by atoms with Gasteiger partial charge in [0, 0.05) is 17.6 Å². The van der Waals surface area contributed by atoms with Gasteiger partial charge in [-0.1, -0.05) is 30.7 Å². The third-order valence-corrected chi connectivity index (χ3v) is 7.72. The smallest absolute Gasteiger partial charge is 0.252 e. The molecule has 1 aliphatic heterocycles. The molecular formula is C21H25BrN2O3S. The molecule has 5 nitrogen and oxygen atoms in total. The molecule has 0 saturated carbocycles. The molecule has 0 bridgehead atoms. The number of piperidine rings is 1. The number of amides is 1. The maximum Gasteiger partial charge on any atom is 0.252 e. The predicted octanol–water partition coefficient (Wildman–Crippen LogP) is 4.42. The minimum Gasteiger partial charge on any atom is -0.345 e. The van der Waals surface area contributed by atoms with Gasteiger partial charge in [0.25, 0.3) is 5.91 Å². The van der Waals surface area contributed by atoms with Crippen molar-refractivity contribution in [2.75, 3.05) is 13.1 Å². The highest BCUT2D eigenvalue weighted by Gasteiger charge is 2.27. The topological polar surface area (TPSA) is 66.5 Å². The first-order valence-corrected chi connectivity index (χ1v) is 11.7. The molecule has 2 aromatic rings. The number of hydrogen-bond acceptors (Lipinski definition) is 3. The number of benzene rings is 2. The maximum absolute atomic E-state index is 12.9. The van der Waals surface area contributed by atoms with E-state index in [0.717, 1.165) is 30.4 Å². The molecule has 1 N–H and O–H groups in total. The Kier molecular flexibility index (Phi) is 6.58.